The molecule has 0 amide bonds. The van der Waals surface area contributed by atoms with Crippen LogP contribution in [0.5, 0.6) is 0 Å². The van der Waals surface area contributed by atoms with Gasteiger partial charge in [0.05, 0.1) is 5.56 Å². The minimum atomic E-state index is -0.246. The Labute approximate surface area is 105 Å². The van der Waals surface area contributed by atoms with Gasteiger partial charge in [0, 0.05) is 22.2 Å². The van der Waals surface area contributed by atoms with E-state index in [0.29, 0.717) is 28.3 Å². The summed E-state index contributed by atoms with van der Waals surface area (Å²) < 4.78 is 5.36. The lowest BCUT2D eigenvalue weighted by Gasteiger charge is -2.14. The smallest absolute Gasteiger partial charge is 0.199 e. The highest BCUT2D eigenvalue weighted by Gasteiger charge is 2.37. The Morgan fingerprint density at radius 3 is 2.61 bits per heavy atom. The summed E-state index contributed by atoms with van der Waals surface area (Å²) in [6.45, 7) is 6.00. The molecule has 1 aromatic heterocycles. The van der Waals surface area contributed by atoms with Gasteiger partial charge in [0.25, 0.3) is 0 Å². The molecule has 2 N–H and O–H groups in total. The van der Waals surface area contributed by atoms with Crippen molar-refractivity contribution in [2.45, 2.75) is 26.2 Å². The highest BCUT2D eigenvalue weighted by molar-refractivity contribution is 6.22. The molecule has 0 saturated carbocycles. The Hall–Kier alpha value is -2.10. The number of hydrogen-bond acceptors (Lipinski definition) is 4. The maximum Gasteiger partial charge on any atom is 0.199 e. The number of rotatable bonds is 0. The van der Waals surface area contributed by atoms with Crippen molar-refractivity contribution >= 4 is 11.5 Å². The second kappa shape index (κ2) is 3.22. The Morgan fingerprint density at radius 2 is 1.94 bits per heavy atom. The standard InChI is InChI=1S/C14H14N2O2/c1-14(2,3)13-10-11(16-18-13)8-5-4-7(15)6-9(8)12(10)17/h4-6H,15H2,1-3H3. The number of anilines is 1. The predicted molar refractivity (Wildman–Crippen MR) is 68.5 cm³/mol. The second-order valence-electron chi connectivity index (χ2n) is 5.62. The van der Waals surface area contributed by atoms with Gasteiger partial charge in [-0.05, 0) is 18.2 Å². The SMILES string of the molecule is CC(C)(C)c1onc2c1C(=O)c1cc(N)ccc1-2. The van der Waals surface area contributed by atoms with Crippen molar-refractivity contribution in [2.75, 3.05) is 5.73 Å². The van der Waals surface area contributed by atoms with Crippen LogP contribution in [-0.2, 0) is 5.41 Å². The molecule has 0 fully saturated rings. The van der Waals surface area contributed by atoms with Crippen LogP contribution in [0.2, 0.25) is 0 Å². The molecule has 0 atom stereocenters. The van der Waals surface area contributed by atoms with Gasteiger partial charge in [-0.2, -0.15) is 0 Å². The number of ketones is 1. The maximum absolute atomic E-state index is 12.4. The fourth-order valence-electron chi connectivity index (χ4n) is 2.29. The molecule has 0 saturated heterocycles. The van der Waals surface area contributed by atoms with Crippen LogP contribution in [0.4, 0.5) is 5.69 Å². The Balaban J connectivity index is 2.28. The number of carbonyl (C=O) groups excluding carboxylic acids is 1. The van der Waals surface area contributed by atoms with E-state index in [0.717, 1.165) is 5.56 Å². The summed E-state index contributed by atoms with van der Waals surface area (Å²) in [5.74, 6) is 0.593. The number of nitrogen functional groups attached to an aromatic ring is 1. The minimum absolute atomic E-state index is 0.0431. The molecule has 0 aliphatic heterocycles. The third kappa shape index (κ3) is 1.32. The molecule has 1 aliphatic carbocycles. The average Bonchev–Trinajstić information content (AvgIpc) is 2.80. The van der Waals surface area contributed by atoms with Gasteiger partial charge in [-0.3, -0.25) is 4.79 Å². The molecule has 92 valence electrons. The maximum atomic E-state index is 12.4. The summed E-state index contributed by atoms with van der Waals surface area (Å²) in [5.41, 5.74) is 8.72. The third-order valence-corrected chi connectivity index (χ3v) is 3.14. The number of fused-ring (bicyclic) bond motifs is 3. The zero-order valence-electron chi connectivity index (χ0n) is 10.6. The lowest BCUT2D eigenvalue weighted by atomic mass is 9.89. The molecule has 1 aliphatic rings. The summed E-state index contributed by atoms with van der Waals surface area (Å²) in [6.07, 6.45) is 0. The highest BCUT2D eigenvalue weighted by atomic mass is 16.5. The van der Waals surface area contributed by atoms with E-state index in [2.05, 4.69) is 5.16 Å². The first-order valence-electron chi connectivity index (χ1n) is 5.84. The third-order valence-electron chi connectivity index (χ3n) is 3.14. The summed E-state index contributed by atoms with van der Waals surface area (Å²) in [5, 5.41) is 4.05. The second-order valence-corrected chi connectivity index (χ2v) is 5.62. The van der Waals surface area contributed by atoms with Crippen LogP contribution in [0, 0.1) is 0 Å². The number of aromatic nitrogens is 1. The number of nitrogens with zero attached hydrogens (tertiary/aromatic N) is 1. The lowest BCUT2D eigenvalue weighted by molar-refractivity contribution is 0.103. The number of benzene rings is 1. The molecular weight excluding hydrogens is 228 g/mol. The molecule has 4 heteroatoms. The highest BCUT2D eigenvalue weighted by Crippen LogP contribution is 2.41. The van der Waals surface area contributed by atoms with E-state index in [9.17, 15) is 4.79 Å². The van der Waals surface area contributed by atoms with Crippen molar-refractivity contribution in [3.05, 3.63) is 35.1 Å². The molecular formula is C14H14N2O2. The first-order valence-corrected chi connectivity index (χ1v) is 5.84. The van der Waals surface area contributed by atoms with E-state index in [4.69, 9.17) is 10.3 Å². The molecule has 0 unspecified atom stereocenters. The molecule has 18 heavy (non-hydrogen) atoms. The van der Waals surface area contributed by atoms with E-state index >= 15 is 0 Å². The molecule has 4 nitrogen and oxygen atoms in total. The Morgan fingerprint density at radius 1 is 1.22 bits per heavy atom. The Kier molecular flexibility index (Phi) is 1.97. The molecule has 1 heterocycles. The van der Waals surface area contributed by atoms with Gasteiger partial charge >= 0.3 is 0 Å². The van der Waals surface area contributed by atoms with Gasteiger partial charge in [-0.1, -0.05) is 25.9 Å². The number of hydrogen-bond donors (Lipinski definition) is 1. The van der Waals surface area contributed by atoms with Crippen molar-refractivity contribution < 1.29 is 9.32 Å². The van der Waals surface area contributed by atoms with Crippen molar-refractivity contribution in [3.8, 4) is 11.3 Å². The zero-order valence-corrected chi connectivity index (χ0v) is 10.6. The van der Waals surface area contributed by atoms with Crippen LogP contribution in [0.3, 0.4) is 0 Å². The van der Waals surface area contributed by atoms with Crippen molar-refractivity contribution in [1.29, 1.82) is 0 Å². The first kappa shape index (κ1) is 11.0. The summed E-state index contributed by atoms with van der Waals surface area (Å²) in [4.78, 5) is 12.4. The molecule has 2 aromatic rings. The predicted octanol–water partition coefficient (Wildman–Crippen LogP) is 2.77. The first-order chi connectivity index (χ1) is 8.39. The summed E-state index contributed by atoms with van der Waals surface area (Å²) in [6, 6.07) is 5.29. The molecule has 0 bridgehead atoms. The fraction of sp³-hybridized carbons (Fsp3) is 0.286. The largest absolute Gasteiger partial charge is 0.399 e. The molecule has 0 radical (unpaired) electrons. The van der Waals surface area contributed by atoms with Gasteiger partial charge in [0.2, 0.25) is 0 Å². The van der Waals surface area contributed by atoms with Gasteiger partial charge < -0.3 is 10.3 Å². The van der Waals surface area contributed by atoms with Crippen molar-refractivity contribution in [3.63, 3.8) is 0 Å². The molecule has 3 rings (SSSR count). The zero-order chi connectivity index (χ0) is 13.1. The minimum Gasteiger partial charge on any atom is -0.399 e. The number of carbonyl (C=O) groups is 1. The topological polar surface area (TPSA) is 69.1 Å². The van der Waals surface area contributed by atoms with E-state index in [1.807, 2.05) is 26.8 Å². The molecule has 1 aromatic carbocycles. The quantitative estimate of drug-likeness (QED) is 0.615. The monoisotopic (exact) mass is 242 g/mol. The van der Waals surface area contributed by atoms with Gasteiger partial charge in [-0.15, -0.1) is 0 Å². The van der Waals surface area contributed by atoms with Crippen molar-refractivity contribution in [2.24, 2.45) is 0 Å². The van der Waals surface area contributed by atoms with E-state index in [1.165, 1.54) is 0 Å². The van der Waals surface area contributed by atoms with Gasteiger partial charge in [-0.25, -0.2) is 0 Å². The van der Waals surface area contributed by atoms with E-state index in [-0.39, 0.29) is 11.2 Å². The van der Waals surface area contributed by atoms with Crippen LogP contribution in [-0.4, -0.2) is 10.9 Å². The summed E-state index contributed by atoms with van der Waals surface area (Å²) >= 11 is 0. The van der Waals surface area contributed by atoms with Gasteiger partial charge in [0.15, 0.2) is 11.5 Å². The number of nitrogens with two attached hydrogens (primary N) is 1. The van der Waals surface area contributed by atoms with Crippen LogP contribution in [0.15, 0.2) is 22.7 Å². The van der Waals surface area contributed by atoms with Crippen molar-refractivity contribution in [1.82, 2.24) is 5.16 Å². The van der Waals surface area contributed by atoms with E-state index < -0.39 is 0 Å². The lowest BCUT2D eigenvalue weighted by Crippen LogP contribution is -2.14. The summed E-state index contributed by atoms with van der Waals surface area (Å²) in [7, 11) is 0. The van der Waals surface area contributed by atoms with Gasteiger partial charge in [0.1, 0.15) is 5.69 Å². The Bertz CT molecular complexity index is 663. The van der Waals surface area contributed by atoms with Crippen LogP contribution >= 0.6 is 0 Å². The van der Waals surface area contributed by atoms with Crippen LogP contribution in [0.25, 0.3) is 11.3 Å². The normalized spacial score (nSPS) is 13.6. The van der Waals surface area contributed by atoms with E-state index in [1.54, 1.807) is 12.1 Å². The van der Waals surface area contributed by atoms with Crippen LogP contribution < -0.4 is 5.73 Å². The van der Waals surface area contributed by atoms with Crippen LogP contribution in [0.1, 0.15) is 42.5 Å². The fourth-order valence-corrected chi connectivity index (χ4v) is 2.29. The molecule has 0 spiro atoms. The average molecular weight is 242 g/mol.